The van der Waals surface area contributed by atoms with Gasteiger partial charge in [0.25, 0.3) is 0 Å². The minimum absolute atomic E-state index is 0.170. The second kappa shape index (κ2) is 10.7. The lowest BCUT2D eigenvalue weighted by Crippen LogP contribution is -2.31. The maximum Gasteiger partial charge on any atom is 0.165 e. The Bertz CT molecular complexity index is 1730. The molecule has 8 heteroatoms. The monoisotopic (exact) mass is 555 g/mol. The van der Waals surface area contributed by atoms with E-state index in [1.54, 1.807) is 18.5 Å². The van der Waals surface area contributed by atoms with E-state index in [2.05, 4.69) is 42.0 Å². The molecule has 1 aliphatic heterocycles. The van der Waals surface area contributed by atoms with Gasteiger partial charge in [0.15, 0.2) is 11.6 Å². The number of hydrogen-bond acceptors (Lipinski definition) is 4. The van der Waals surface area contributed by atoms with Gasteiger partial charge >= 0.3 is 0 Å². The second-order valence-electron chi connectivity index (χ2n) is 11.0. The van der Waals surface area contributed by atoms with Crippen molar-refractivity contribution in [2.45, 2.75) is 66.0 Å². The van der Waals surface area contributed by atoms with Gasteiger partial charge in [-0.3, -0.25) is 0 Å². The third-order valence-electron chi connectivity index (χ3n) is 8.30. The summed E-state index contributed by atoms with van der Waals surface area (Å²) >= 11 is 0. The van der Waals surface area contributed by atoms with Gasteiger partial charge in [0.05, 0.1) is 29.2 Å². The van der Waals surface area contributed by atoms with Gasteiger partial charge in [-0.05, 0) is 53.6 Å². The van der Waals surface area contributed by atoms with Crippen molar-refractivity contribution in [3.05, 3.63) is 93.9 Å². The lowest BCUT2D eigenvalue weighted by Gasteiger charge is -2.28. The van der Waals surface area contributed by atoms with Crippen LogP contribution in [-0.2, 0) is 32.4 Å². The Labute approximate surface area is 238 Å². The summed E-state index contributed by atoms with van der Waals surface area (Å²) in [6.45, 7) is 8.87. The zero-order chi connectivity index (χ0) is 28.8. The molecule has 0 saturated carbocycles. The minimum Gasteiger partial charge on any atom is -0.392 e. The summed E-state index contributed by atoms with van der Waals surface area (Å²) in [5, 5.41) is 15.7. The fraction of sp³-hybridized carbons (Fsp3) is 0.333. The maximum absolute atomic E-state index is 16.2. The number of fused-ring (bicyclic) bond motifs is 2. The number of anilines is 1. The van der Waals surface area contributed by atoms with Crippen molar-refractivity contribution in [2.75, 3.05) is 11.4 Å². The smallest absolute Gasteiger partial charge is 0.165 e. The summed E-state index contributed by atoms with van der Waals surface area (Å²) in [4.78, 5) is 9.63. The molecule has 0 amide bonds. The van der Waals surface area contributed by atoms with Crippen LogP contribution in [0.1, 0.15) is 67.1 Å². The van der Waals surface area contributed by atoms with E-state index in [0.29, 0.717) is 53.1 Å². The van der Waals surface area contributed by atoms with Crippen LogP contribution in [0, 0.1) is 11.6 Å². The molecule has 0 bridgehead atoms. The summed E-state index contributed by atoms with van der Waals surface area (Å²) in [5.74, 6) is -0.321. The van der Waals surface area contributed by atoms with Crippen LogP contribution in [0.15, 0.2) is 48.8 Å². The summed E-state index contributed by atoms with van der Waals surface area (Å²) in [6.07, 6.45) is 5.67. The zero-order valence-electron chi connectivity index (χ0n) is 23.9. The highest BCUT2D eigenvalue weighted by Gasteiger charge is 2.31. The van der Waals surface area contributed by atoms with Gasteiger partial charge in [0, 0.05) is 54.0 Å². The maximum atomic E-state index is 16.2. The van der Waals surface area contributed by atoms with Crippen molar-refractivity contribution in [1.29, 1.82) is 0 Å². The molecule has 212 valence electrons. The van der Waals surface area contributed by atoms with E-state index in [1.165, 1.54) is 6.07 Å². The van der Waals surface area contributed by atoms with E-state index in [1.807, 2.05) is 29.5 Å². The Kier molecular flexibility index (Phi) is 7.11. The van der Waals surface area contributed by atoms with Crippen LogP contribution in [0.3, 0.4) is 0 Å². The van der Waals surface area contributed by atoms with Crippen LogP contribution < -0.4 is 4.90 Å². The molecule has 0 spiro atoms. The van der Waals surface area contributed by atoms with Gasteiger partial charge in [-0.15, -0.1) is 0 Å². The highest BCUT2D eigenvalue weighted by molar-refractivity contribution is 5.97. The fourth-order valence-electron chi connectivity index (χ4n) is 6.09. The molecule has 1 aliphatic rings. The number of aliphatic hydroxyl groups is 1. The lowest BCUT2D eigenvalue weighted by molar-refractivity contribution is 0.282. The number of pyridine rings is 1. The van der Waals surface area contributed by atoms with E-state index in [9.17, 15) is 5.11 Å². The van der Waals surface area contributed by atoms with E-state index in [-0.39, 0.29) is 18.3 Å². The van der Waals surface area contributed by atoms with E-state index in [4.69, 9.17) is 5.10 Å². The largest absolute Gasteiger partial charge is 0.392 e. The standard InChI is InChI=1S/C33H35F2N5O/c1-5-20-8-7-9-21(6-2)31(20)40-32(29-24-10-12-36-30(24)23(18-41)15-26(29)34)25-17-39(13-11-28(25)38-40)33-27(35)14-22(16-37-33)19(3)4/h7-10,12,14-16,19,36,41H,5-6,11,13,17-18H2,1-4H3. The number of aromatic nitrogens is 4. The molecule has 0 radical (unpaired) electrons. The molecule has 0 fully saturated rings. The average molecular weight is 556 g/mol. The first-order valence-corrected chi connectivity index (χ1v) is 14.4. The molecule has 5 aromatic rings. The Morgan fingerprint density at radius 3 is 2.44 bits per heavy atom. The summed E-state index contributed by atoms with van der Waals surface area (Å²) in [5.41, 5.74) is 8.05. The van der Waals surface area contributed by atoms with Gasteiger partial charge in [-0.25, -0.2) is 18.4 Å². The van der Waals surface area contributed by atoms with Crippen molar-refractivity contribution in [3.63, 3.8) is 0 Å². The third-order valence-corrected chi connectivity index (χ3v) is 8.30. The number of benzene rings is 2. The number of aromatic amines is 1. The Morgan fingerprint density at radius 2 is 1.78 bits per heavy atom. The number of hydrogen-bond donors (Lipinski definition) is 2. The van der Waals surface area contributed by atoms with Crippen LogP contribution in [-0.4, -0.2) is 31.4 Å². The van der Waals surface area contributed by atoms with Crippen molar-refractivity contribution in [1.82, 2.24) is 19.7 Å². The van der Waals surface area contributed by atoms with Crippen LogP contribution >= 0.6 is 0 Å². The summed E-state index contributed by atoms with van der Waals surface area (Å²) < 4.78 is 33.5. The molecule has 0 saturated heterocycles. The zero-order valence-corrected chi connectivity index (χ0v) is 23.9. The summed E-state index contributed by atoms with van der Waals surface area (Å²) in [6, 6.07) is 11.1. The number of nitrogens with zero attached hydrogens (tertiary/aromatic N) is 4. The van der Waals surface area contributed by atoms with Crippen LogP contribution in [0.2, 0.25) is 0 Å². The lowest BCUT2D eigenvalue weighted by atomic mass is 9.95. The van der Waals surface area contributed by atoms with Crippen molar-refractivity contribution in [3.8, 4) is 16.9 Å². The number of aryl methyl sites for hydroxylation is 2. The average Bonchev–Trinajstić information content (AvgIpc) is 3.61. The number of halogens is 2. The molecule has 2 N–H and O–H groups in total. The molecular formula is C33H35F2N5O. The van der Waals surface area contributed by atoms with Crippen molar-refractivity contribution in [2.24, 2.45) is 0 Å². The van der Waals surface area contributed by atoms with Crippen molar-refractivity contribution < 1.29 is 13.9 Å². The van der Waals surface area contributed by atoms with Gasteiger partial charge in [-0.1, -0.05) is 45.9 Å². The van der Waals surface area contributed by atoms with Gasteiger partial charge in [0.2, 0.25) is 0 Å². The number of rotatable bonds is 7. The van der Waals surface area contributed by atoms with Crippen LogP contribution in [0.4, 0.5) is 14.6 Å². The Morgan fingerprint density at radius 1 is 1.02 bits per heavy atom. The first-order chi connectivity index (χ1) is 19.9. The SMILES string of the molecule is CCc1cccc(CC)c1-n1nc2c(c1-c1c(F)cc(CO)c3[nH]ccc13)CN(c1ncc(C(C)C)cc1F)CC2. The number of nitrogens with one attached hydrogen (secondary N) is 1. The molecule has 4 heterocycles. The fourth-order valence-corrected chi connectivity index (χ4v) is 6.09. The molecule has 2 aromatic carbocycles. The first kappa shape index (κ1) is 27.1. The van der Waals surface area contributed by atoms with E-state index >= 15 is 8.78 Å². The molecular weight excluding hydrogens is 520 g/mol. The molecule has 0 aliphatic carbocycles. The topological polar surface area (TPSA) is 70.0 Å². The van der Waals surface area contributed by atoms with E-state index < -0.39 is 5.82 Å². The third kappa shape index (κ3) is 4.50. The first-order valence-electron chi connectivity index (χ1n) is 14.4. The Hall–Kier alpha value is -4.04. The van der Waals surface area contributed by atoms with Crippen molar-refractivity contribution >= 4 is 16.7 Å². The quantitative estimate of drug-likeness (QED) is 0.227. The van der Waals surface area contributed by atoms with Crippen LogP contribution in [0.25, 0.3) is 27.8 Å². The molecule has 41 heavy (non-hydrogen) atoms. The predicted octanol–water partition coefficient (Wildman–Crippen LogP) is 7.00. The van der Waals surface area contributed by atoms with Gasteiger partial charge < -0.3 is 15.0 Å². The molecule has 3 aromatic heterocycles. The summed E-state index contributed by atoms with van der Waals surface area (Å²) in [7, 11) is 0. The Balaban J connectivity index is 1.61. The number of aliphatic hydroxyl groups excluding tert-OH is 1. The molecule has 6 nitrogen and oxygen atoms in total. The van der Waals surface area contributed by atoms with Gasteiger partial charge in [-0.2, -0.15) is 5.10 Å². The second-order valence-corrected chi connectivity index (χ2v) is 11.0. The van der Waals surface area contributed by atoms with E-state index in [0.717, 1.165) is 46.5 Å². The molecule has 0 unspecified atom stereocenters. The molecule has 0 atom stereocenters. The normalized spacial score (nSPS) is 13.4. The minimum atomic E-state index is -0.431. The predicted molar refractivity (Wildman–Crippen MR) is 159 cm³/mol. The number of para-hydroxylation sites is 1. The van der Waals surface area contributed by atoms with Crippen LogP contribution in [0.5, 0.6) is 0 Å². The van der Waals surface area contributed by atoms with Gasteiger partial charge in [0.1, 0.15) is 5.82 Å². The highest BCUT2D eigenvalue weighted by Crippen LogP contribution is 2.41. The highest BCUT2D eigenvalue weighted by atomic mass is 19.1. The number of H-pyrrole nitrogens is 1. The molecule has 6 rings (SSSR count).